The molecule has 3 nitrogen and oxygen atoms in total. The van der Waals surface area contributed by atoms with Crippen molar-refractivity contribution in [2.45, 2.75) is 13.3 Å². The van der Waals surface area contributed by atoms with Crippen LogP contribution in [0.1, 0.15) is 22.3 Å². The number of rotatable bonds is 4. The van der Waals surface area contributed by atoms with Gasteiger partial charge in [0.25, 0.3) is 5.91 Å². The Balaban J connectivity index is 2.62. The summed E-state index contributed by atoms with van der Waals surface area (Å²) in [5, 5.41) is 2.81. The van der Waals surface area contributed by atoms with Crippen LogP contribution in [-0.4, -0.2) is 19.0 Å². The van der Waals surface area contributed by atoms with E-state index < -0.39 is 0 Å². The van der Waals surface area contributed by atoms with Crippen molar-refractivity contribution in [3.63, 3.8) is 0 Å². The van der Waals surface area contributed by atoms with Crippen molar-refractivity contribution in [3.8, 4) is 0 Å². The maximum absolute atomic E-state index is 11.6. The summed E-state index contributed by atoms with van der Waals surface area (Å²) in [6.45, 7) is 3.21. The summed E-state index contributed by atoms with van der Waals surface area (Å²) in [6.07, 6.45) is 0.804. The molecule has 4 heteroatoms. The van der Waals surface area contributed by atoms with Gasteiger partial charge < -0.3 is 11.1 Å². The van der Waals surface area contributed by atoms with Crippen LogP contribution in [0, 0.1) is 6.92 Å². The monoisotopic (exact) mass is 270 g/mol. The molecule has 0 bridgehead atoms. The highest BCUT2D eigenvalue weighted by atomic mass is 79.9. The standard InChI is InChI=1S/C11H15BrN2O/c1-8-3-4-9(7-10(8)12)11(15)14-6-2-5-13/h3-4,7H,2,5-6,13H2,1H3,(H,14,15). The van der Waals surface area contributed by atoms with Gasteiger partial charge in [0.05, 0.1) is 0 Å². The van der Waals surface area contributed by atoms with Crippen molar-refractivity contribution >= 4 is 21.8 Å². The van der Waals surface area contributed by atoms with Gasteiger partial charge in [-0.05, 0) is 37.6 Å². The summed E-state index contributed by atoms with van der Waals surface area (Å²) in [5.74, 6) is -0.0517. The second-order valence-electron chi connectivity index (χ2n) is 3.36. The van der Waals surface area contributed by atoms with E-state index in [1.165, 1.54) is 0 Å². The predicted molar refractivity (Wildman–Crippen MR) is 64.9 cm³/mol. The Labute approximate surface area is 98.2 Å². The number of carbonyl (C=O) groups excluding carboxylic acids is 1. The van der Waals surface area contributed by atoms with Crippen molar-refractivity contribution in [3.05, 3.63) is 33.8 Å². The van der Waals surface area contributed by atoms with Gasteiger partial charge in [-0.3, -0.25) is 4.79 Å². The van der Waals surface area contributed by atoms with Gasteiger partial charge in [0.2, 0.25) is 0 Å². The number of nitrogens with one attached hydrogen (secondary N) is 1. The Morgan fingerprint density at radius 3 is 2.87 bits per heavy atom. The number of hydrogen-bond acceptors (Lipinski definition) is 2. The Hall–Kier alpha value is -0.870. The molecule has 0 radical (unpaired) electrons. The Bertz CT molecular complexity index is 352. The molecule has 3 N–H and O–H groups in total. The molecule has 0 saturated heterocycles. The highest BCUT2D eigenvalue weighted by Crippen LogP contribution is 2.17. The summed E-state index contributed by atoms with van der Waals surface area (Å²) in [4.78, 5) is 11.6. The van der Waals surface area contributed by atoms with E-state index in [0.717, 1.165) is 16.5 Å². The third-order valence-corrected chi connectivity index (χ3v) is 2.95. The van der Waals surface area contributed by atoms with Crippen LogP contribution in [0.4, 0.5) is 0 Å². The second-order valence-corrected chi connectivity index (χ2v) is 4.22. The molecule has 0 heterocycles. The summed E-state index contributed by atoms with van der Waals surface area (Å²) in [7, 11) is 0. The van der Waals surface area contributed by atoms with Crippen LogP contribution < -0.4 is 11.1 Å². The van der Waals surface area contributed by atoms with Crippen LogP contribution in [0.2, 0.25) is 0 Å². The van der Waals surface area contributed by atoms with Crippen LogP contribution >= 0.6 is 15.9 Å². The van der Waals surface area contributed by atoms with Crippen LogP contribution in [0.15, 0.2) is 22.7 Å². The molecule has 0 atom stereocenters. The van der Waals surface area contributed by atoms with E-state index in [1.807, 2.05) is 25.1 Å². The number of hydrogen-bond donors (Lipinski definition) is 2. The third-order valence-electron chi connectivity index (χ3n) is 2.10. The van der Waals surface area contributed by atoms with Gasteiger partial charge in [-0.15, -0.1) is 0 Å². The first-order valence-electron chi connectivity index (χ1n) is 4.89. The van der Waals surface area contributed by atoms with Gasteiger partial charge >= 0.3 is 0 Å². The molecule has 1 amide bonds. The fourth-order valence-corrected chi connectivity index (χ4v) is 1.52. The first-order chi connectivity index (χ1) is 7.15. The molecule has 0 unspecified atom stereocenters. The Morgan fingerprint density at radius 2 is 2.27 bits per heavy atom. The Morgan fingerprint density at radius 1 is 1.53 bits per heavy atom. The maximum atomic E-state index is 11.6. The van der Waals surface area contributed by atoms with E-state index in [9.17, 15) is 4.79 Å². The highest BCUT2D eigenvalue weighted by Gasteiger charge is 2.05. The summed E-state index contributed by atoms with van der Waals surface area (Å²) in [6, 6.07) is 5.56. The van der Waals surface area contributed by atoms with Crippen molar-refractivity contribution in [2.75, 3.05) is 13.1 Å². The maximum Gasteiger partial charge on any atom is 0.251 e. The zero-order valence-corrected chi connectivity index (χ0v) is 10.3. The molecule has 1 aromatic rings. The summed E-state index contributed by atoms with van der Waals surface area (Å²) in [5.41, 5.74) is 7.13. The minimum atomic E-state index is -0.0517. The van der Waals surface area contributed by atoms with Gasteiger partial charge in [0, 0.05) is 16.6 Å². The quantitative estimate of drug-likeness (QED) is 0.821. The lowest BCUT2D eigenvalue weighted by atomic mass is 10.1. The van der Waals surface area contributed by atoms with Crippen molar-refractivity contribution in [1.29, 1.82) is 0 Å². The fraction of sp³-hybridized carbons (Fsp3) is 0.364. The fourth-order valence-electron chi connectivity index (χ4n) is 1.14. The molecule has 0 spiro atoms. The van der Waals surface area contributed by atoms with Crippen LogP contribution in [0.25, 0.3) is 0 Å². The highest BCUT2D eigenvalue weighted by molar-refractivity contribution is 9.10. The van der Waals surface area contributed by atoms with Crippen LogP contribution in [-0.2, 0) is 0 Å². The molecule has 0 aliphatic heterocycles. The lowest BCUT2D eigenvalue weighted by Gasteiger charge is -2.05. The molecule has 0 aliphatic carbocycles. The Kier molecular flexibility index (Phi) is 4.78. The molecular formula is C11H15BrN2O. The van der Waals surface area contributed by atoms with Crippen molar-refractivity contribution < 1.29 is 4.79 Å². The second kappa shape index (κ2) is 5.88. The topological polar surface area (TPSA) is 55.1 Å². The molecule has 0 saturated carbocycles. The van der Waals surface area contributed by atoms with Crippen molar-refractivity contribution in [1.82, 2.24) is 5.32 Å². The largest absolute Gasteiger partial charge is 0.352 e. The van der Waals surface area contributed by atoms with Crippen LogP contribution in [0.5, 0.6) is 0 Å². The first kappa shape index (κ1) is 12.2. The summed E-state index contributed by atoms with van der Waals surface area (Å²) < 4.78 is 0.953. The molecular weight excluding hydrogens is 256 g/mol. The molecule has 0 aliphatic rings. The smallest absolute Gasteiger partial charge is 0.251 e. The zero-order chi connectivity index (χ0) is 11.3. The zero-order valence-electron chi connectivity index (χ0n) is 8.72. The lowest BCUT2D eigenvalue weighted by Crippen LogP contribution is -2.25. The van der Waals surface area contributed by atoms with Gasteiger partial charge in [-0.1, -0.05) is 22.0 Å². The number of nitrogens with two attached hydrogens (primary N) is 1. The molecule has 82 valence electrons. The average molecular weight is 271 g/mol. The van der Waals surface area contributed by atoms with E-state index in [1.54, 1.807) is 0 Å². The molecule has 15 heavy (non-hydrogen) atoms. The van der Waals surface area contributed by atoms with E-state index in [2.05, 4.69) is 21.2 Å². The van der Waals surface area contributed by atoms with E-state index >= 15 is 0 Å². The molecule has 0 fully saturated rings. The van der Waals surface area contributed by atoms with E-state index in [0.29, 0.717) is 18.7 Å². The average Bonchev–Trinajstić information content (AvgIpc) is 2.22. The van der Waals surface area contributed by atoms with Gasteiger partial charge in [0.15, 0.2) is 0 Å². The number of amides is 1. The van der Waals surface area contributed by atoms with Gasteiger partial charge in [-0.25, -0.2) is 0 Å². The van der Waals surface area contributed by atoms with Crippen molar-refractivity contribution in [2.24, 2.45) is 5.73 Å². The lowest BCUT2D eigenvalue weighted by molar-refractivity contribution is 0.0953. The normalized spacial score (nSPS) is 10.1. The van der Waals surface area contributed by atoms with Gasteiger partial charge in [0.1, 0.15) is 0 Å². The minimum absolute atomic E-state index is 0.0517. The number of benzene rings is 1. The van der Waals surface area contributed by atoms with Crippen LogP contribution in [0.3, 0.4) is 0 Å². The van der Waals surface area contributed by atoms with E-state index in [-0.39, 0.29) is 5.91 Å². The SMILES string of the molecule is Cc1ccc(C(=O)NCCCN)cc1Br. The number of aryl methyl sites for hydroxylation is 1. The third kappa shape index (κ3) is 3.64. The van der Waals surface area contributed by atoms with Gasteiger partial charge in [-0.2, -0.15) is 0 Å². The number of halogens is 1. The molecule has 1 aromatic carbocycles. The minimum Gasteiger partial charge on any atom is -0.352 e. The number of carbonyl (C=O) groups is 1. The van der Waals surface area contributed by atoms with E-state index in [4.69, 9.17) is 5.73 Å². The predicted octanol–water partition coefficient (Wildman–Crippen LogP) is 1.84. The molecule has 0 aromatic heterocycles. The first-order valence-corrected chi connectivity index (χ1v) is 5.69. The molecule has 1 rings (SSSR count). The summed E-state index contributed by atoms with van der Waals surface area (Å²) >= 11 is 3.40.